The molecular formula is C22H24N4O. The van der Waals surface area contributed by atoms with Crippen LogP contribution in [0.15, 0.2) is 59.4 Å². The molecule has 5 heteroatoms. The van der Waals surface area contributed by atoms with Crippen molar-refractivity contribution in [1.82, 2.24) is 14.5 Å². The molecule has 5 rings (SSSR count). The number of benzene rings is 2. The number of anilines is 1. The van der Waals surface area contributed by atoms with Crippen molar-refractivity contribution < 1.29 is 0 Å². The Labute approximate surface area is 158 Å². The second-order valence-electron chi connectivity index (χ2n) is 7.70. The minimum absolute atomic E-state index is 0.151. The number of para-hydroxylation sites is 1. The van der Waals surface area contributed by atoms with Crippen LogP contribution in [0.25, 0.3) is 10.9 Å². The summed E-state index contributed by atoms with van der Waals surface area (Å²) in [6.45, 7) is 3.89. The highest BCUT2D eigenvalue weighted by molar-refractivity contribution is 5.89. The van der Waals surface area contributed by atoms with Crippen LogP contribution in [0.5, 0.6) is 0 Å². The standard InChI is InChI=1S/C22H24N4O/c27-22-24-20-9-5-4-8-19(20)21-23-18(15-26(21)22)14-25-12-10-17(11-13-25)16-6-2-1-3-7-16/h1-9,17-18,23H,10-15H2. The highest BCUT2D eigenvalue weighted by atomic mass is 16.1. The highest BCUT2D eigenvalue weighted by Crippen LogP contribution is 2.29. The maximum Gasteiger partial charge on any atom is 0.349 e. The van der Waals surface area contributed by atoms with E-state index in [9.17, 15) is 4.79 Å². The van der Waals surface area contributed by atoms with Crippen LogP contribution in [-0.4, -0.2) is 40.1 Å². The van der Waals surface area contributed by atoms with Crippen LogP contribution in [-0.2, 0) is 6.54 Å². The van der Waals surface area contributed by atoms with E-state index in [4.69, 9.17) is 0 Å². The summed E-state index contributed by atoms with van der Waals surface area (Å²) >= 11 is 0. The van der Waals surface area contributed by atoms with E-state index in [2.05, 4.69) is 45.5 Å². The fourth-order valence-corrected chi connectivity index (χ4v) is 4.55. The molecular weight excluding hydrogens is 336 g/mol. The van der Waals surface area contributed by atoms with E-state index < -0.39 is 0 Å². The van der Waals surface area contributed by atoms with Gasteiger partial charge in [0, 0.05) is 11.9 Å². The molecule has 0 aliphatic carbocycles. The summed E-state index contributed by atoms with van der Waals surface area (Å²) in [5, 5.41) is 4.62. The molecule has 1 fully saturated rings. The van der Waals surface area contributed by atoms with Crippen LogP contribution in [0.4, 0.5) is 5.82 Å². The van der Waals surface area contributed by atoms with E-state index in [-0.39, 0.29) is 11.7 Å². The minimum atomic E-state index is -0.151. The first-order valence-corrected chi connectivity index (χ1v) is 9.81. The molecule has 1 aromatic heterocycles. The molecule has 138 valence electrons. The van der Waals surface area contributed by atoms with Gasteiger partial charge in [0.25, 0.3) is 0 Å². The van der Waals surface area contributed by atoms with Crippen LogP contribution in [0.1, 0.15) is 24.3 Å². The van der Waals surface area contributed by atoms with Gasteiger partial charge in [-0.1, -0.05) is 42.5 Å². The number of nitrogens with one attached hydrogen (secondary N) is 1. The zero-order chi connectivity index (χ0) is 18.2. The van der Waals surface area contributed by atoms with Crippen molar-refractivity contribution in [3.63, 3.8) is 0 Å². The van der Waals surface area contributed by atoms with Crippen molar-refractivity contribution in [2.45, 2.75) is 31.3 Å². The second-order valence-corrected chi connectivity index (χ2v) is 7.70. The predicted octanol–water partition coefficient (Wildman–Crippen LogP) is 3.07. The van der Waals surface area contributed by atoms with Crippen molar-refractivity contribution in [2.75, 3.05) is 25.0 Å². The number of hydrogen-bond acceptors (Lipinski definition) is 4. The largest absolute Gasteiger partial charge is 0.365 e. The van der Waals surface area contributed by atoms with E-state index in [1.807, 2.05) is 24.3 Å². The molecule has 27 heavy (non-hydrogen) atoms. The monoisotopic (exact) mass is 360 g/mol. The van der Waals surface area contributed by atoms with E-state index in [1.54, 1.807) is 4.57 Å². The van der Waals surface area contributed by atoms with Crippen LogP contribution in [0.2, 0.25) is 0 Å². The number of piperidine rings is 1. The van der Waals surface area contributed by atoms with Gasteiger partial charge >= 0.3 is 5.69 Å². The molecule has 0 amide bonds. The fraction of sp³-hybridized carbons (Fsp3) is 0.364. The van der Waals surface area contributed by atoms with Crippen molar-refractivity contribution in [2.24, 2.45) is 0 Å². The number of fused-ring (bicyclic) bond motifs is 3. The first kappa shape index (κ1) is 16.5. The van der Waals surface area contributed by atoms with E-state index in [1.165, 1.54) is 18.4 Å². The van der Waals surface area contributed by atoms with E-state index in [0.29, 0.717) is 12.5 Å². The SMILES string of the molecule is O=c1nc2ccccc2c2n1CC(CN1CCC(c3ccccc3)CC1)N2. The summed E-state index contributed by atoms with van der Waals surface area (Å²) < 4.78 is 1.80. The highest BCUT2D eigenvalue weighted by Gasteiger charge is 2.28. The third kappa shape index (κ3) is 3.12. The number of aromatic nitrogens is 2. The molecule has 0 radical (unpaired) electrons. The van der Waals surface area contributed by atoms with Gasteiger partial charge in [-0.2, -0.15) is 4.98 Å². The Morgan fingerprint density at radius 2 is 1.74 bits per heavy atom. The maximum atomic E-state index is 12.4. The van der Waals surface area contributed by atoms with Gasteiger partial charge in [-0.25, -0.2) is 4.79 Å². The zero-order valence-electron chi connectivity index (χ0n) is 15.3. The Bertz CT molecular complexity index is 1010. The van der Waals surface area contributed by atoms with Crippen LogP contribution in [0, 0.1) is 0 Å². The smallest absolute Gasteiger partial charge is 0.349 e. The van der Waals surface area contributed by atoms with E-state index in [0.717, 1.165) is 36.4 Å². The second kappa shape index (κ2) is 6.82. The Balaban J connectivity index is 1.26. The van der Waals surface area contributed by atoms with Gasteiger partial charge in [0.05, 0.1) is 18.1 Å². The summed E-state index contributed by atoms with van der Waals surface area (Å²) in [6, 6.07) is 19.0. The van der Waals surface area contributed by atoms with Crippen LogP contribution in [0.3, 0.4) is 0 Å². The molecule has 1 atom stereocenters. The summed E-state index contributed by atoms with van der Waals surface area (Å²) in [5.74, 6) is 1.60. The predicted molar refractivity (Wildman–Crippen MR) is 108 cm³/mol. The number of rotatable bonds is 3. The normalized spacial score (nSPS) is 20.5. The molecule has 0 saturated carbocycles. The number of hydrogen-bond donors (Lipinski definition) is 1. The zero-order valence-corrected chi connectivity index (χ0v) is 15.3. The Morgan fingerprint density at radius 3 is 2.56 bits per heavy atom. The first-order valence-electron chi connectivity index (χ1n) is 9.81. The van der Waals surface area contributed by atoms with Gasteiger partial charge in [-0.3, -0.25) is 4.57 Å². The average molecular weight is 360 g/mol. The summed E-state index contributed by atoms with van der Waals surface area (Å²) in [4.78, 5) is 19.1. The maximum absolute atomic E-state index is 12.4. The minimum Gasteiger partial charge on any atom is -0.365 e. The summed E-state index contributed by atoms with van der Waals surface area (Å²) in [7, 11) is 0. The first-order chi connectivity index (χ1) is 13.3. The molecule has 0 bridgehead atoms. The molecule has 5 nitrogen and oxygen atoms in total. The lowest BCUT2D eigenvalue weighted by Crippen LogP contribution is -2.40. The molecule has 1 saturated heterocycles. The van der Waals surface area contributed by atoms with Gasteiger partial charge < -0.3 is 10.2 Å². The van der Waals surface area contributed by atoms with Crippen LogP contribution < -0.4 is 11.0 Å². The van der Waals surface area contributed by atoms with Gasteiger partial charge in [-0.15, -0.1) is 0 Å². The van der Waals surface area contributed by atoms with Gasteiger partial charge in [-0.05, 0) is 49.5 Å². The fourth-order valence-electron chi connectivity index (χ4n) is 4.55. The van der Waals surface area contributed by atoms with Crippen LogP contribution >= 0.6 is 0 Å². The lowest BCUT2D eigenvalue weighted by Gasteiger charge is -2.33. The van der Waals surface area contributed by atoms with Crippen molar-refractivity contribution in [3.05, 3.63) is 70.6 Å². The third-order valence-corrected chi connectivity index (χ3v) is 5.96. The molecule has 2 aliphatic rings. The molecule has 3 heterocycles. The topological polar surface area (TPSA) is 50.2 Å². The third-order valence-electron chi connectivity index (χ3n) is 5.96. The molecule has 2 aromatic carbocycles. The Morgan fingerprint density at radius 1 is 1.00 bits per heavy atom. The number of likely N-dealkylation sites (tertiary alicyclic amines) is 1. The van der Waals surface area contributed by atoms with E-state index >= 15 is 0 Å². The average Bonchev–Trinajstić information content (AvgIpc) is 3.14. The van der Waals surface area contributed by atoms with Gasteiger partial charge in [0.2, 0.25) is 0 Å². The molecule has 2 aliphatic heterocycles. The quantitative estimate of drug-likeness (QED) is 0.780. The lowest BCUT2D eigenvalue weighted by molar-refractivity contribution is 0.203. The summed E-state index contributed by atoms with van der Waals surface area (Å²) in [5.41, 5.74) is 2.08. The molecule has 1 unspecified atom stereocenters. The molecule has 0 spiro atoms. The Kier molecular flexibility index (Phi) is 4.17. The van der Waals surface area contributed by atoms with Crippen molar-refractivity contribution in [1.29, 1.82) is 0 Å². The van der Waals surface area contributed by atoms with Gasteiger partial charge in [0.1, 0.15) is 5.82 Å². The van der Waals surface area contributed by atoms with Crippen molar-refractivity contribution in [3.8, 4) is 0 Å². The van der Waals surface area contributed by atoms with Gasteiger partial charge in [0.15, 0.2) is 0 Å². The summed E-state index contributed by atoms with van der Waals surface area (Å²) in [6.07, 6.45) is 2.40. The molecule has 3 aromatic rings. The molecule has 1 N–H and O–H groups in total. The lowest BCUT2D eigenvalue weighted by atomic mass is 9.89. The Hall–Kier alpha value is -2.66. The number of nitrogens with zero attached hydrogens (tertiary/aromatic N) is 3. The van der Waals surface area contributed by atoms with Crippen molar-refractivity contribution >= 4 is 16.7 Å².